The van der Waals surface area contributed by atoms with Crippen molar-refractivity contribution >= 4 is 5.65 Å². The van der Waals surface area contributed by atoms with Crippen molar-refractivity contribution in [3.8, 4) is 22.8 Å². The van der Waals surface area contributed by atoms with E-state index in [0.717, 1.165) is 11.1 Å². The number of aromatic nitrogens is 4. The summed E-state index contributed by atoms with van der Waals surface area (Å²) in [5.74, 6) is -0.715. The van der Waals surface area contributed by atoms with Crippen LogP contribution >= 0.6 is 0 Å². The van der Waals surface area contributed by atoms with Crippen LogP contribution in [-0.2, 0) is 6.18 Å². The van der Waals surface area contributed by atoms with E-state index in [2.05, 4.69) is 15.3 Å². The van der Waals surface area contributed by atoms with E-state index in [1.165, 1.54) is 12.1 Å². The molecular formula is C18H11F3N4O. The smallest absolute Gasteiger partial charge is 0.437 e. The minimum atomic E-state index is -4.66. The maximum absolute atomic E-state index is 13.0. The van der Waals surface area contributed by atoms with Crippen molar-refractivity contribution in [1.29, 1.82) is 0 Å². The van der Waals surface area contributed by atoms with Crippen LogP contribution in [0.25, 0.3) is 16.8 Å². The Balaban J connectivity index is 1.75. The summed E-state index contributed by atoms with van der Waals surface area (Å²) in [6.07, 6.45) is -4.66. The summed E-state index contributed by atoms with van der Waals surface area (Å²) in [6.45, 7) is 0. The van der Waals surface area contributed by atoms with Crippen molar-refractivity contribution in [2.24, 2.45) is 0 Å². The molecule has 0 unspecified atom stereocenters. The Labute approximate surface area is 145 Å². The highest BCUT2D eigenvalue weighted by atomic mass is 19.4. The number of rotatable bonds is 3. The van der Waals surface area contributed by atoms with Crippen LogP contribution in [0.15, 0.2) is 66.7 Å². The number of fused-ring (bicyclic) bond motifs is 1. The van der Waals surface area contributed by atoms with E-state index in [-0.39, 0.29) is 11.5 Å². The molecule has 2 aromatic heterocycles. The van der Waals surface area contributed by atoms with Crippen LogP contribution in [0.3, 0.4) is 0 Å². The van der Waals surface area contributed by atoms with E-state index in [9.17, 15) is 13.2 Å². The summed E-state index contributed by atoms with van der Waals surface area (Å²) in [5, 5.41) is 10.5. The Morgan fingerprint density at radius 1 is 0.808 bits per heavy atom. The highest BCUT2D eigenvalue weighted by Crippen LogP contribution is 2.33. The molecule has 0 radical (unpaired) electrons. The molecule has 4 aromatic rings. The van der Waals surface area contributed by atoms with Gasteiger partial charge < -0.3 is 4.74 Å². The van der Waals surface area contributed by atoms with Gasteiger partial charge in [0.05, 0.1) is 0 Å². The molecule has 0 atom stereocenters. The number of nitrogens with zero attached hydrogens (tertiary/aromatic N) is 4. The first-order chi connectivity index (χ1) is 12.5. The first-order valence-electron chi connectivity index (χ1n) is 7.64. The minimum Gasteiger partial charge on any atom is -0.437 e. The molecule has 2 aromatic carbocycles. The molecular weight excluding hydrogens is 345 g/mol. The molecule has 0 aliphatic rings. The number of halogens is 3. The van der Waals surface area contributed by atoms with Gasteiger partial charge in [-0.05, 0) is 17.7 Å². The fourth-order valence-corrected chi connectivity index (χ4v) is 2.53. The van der Waals surface area contributed by atoms with E-state index in [4.69, 9.17) is 4.74 Å². The average molecular weight is 356 g/mol. The van der Waals surface area contributed by atoms with Crippen LogP contribution in [0.4, 0.5) is 13.2 Å². The second kappa shape index (κ2) is 6.14. The molecule has 0 aliphatic carbocycles. The summed E-state index contributed by atoms with van der Waals surface area (Å²) >= 11 is 0. The van der Waals surface area contributed by atoms with E-state index in [1.54, 1.807) is 12.1 Å². The zero-order valence-corrected chi connectivity index (χ0v) is 13.2. The van der Waals surface area contributed by atoms with Gasteiger partial charge in [-0.1, -0.05) is 48.5 Å². The molecule has 0 fully saturated rings. The average Bonchev–Trinajstić information content (AvgIpc) is 3.06. The molecule has 0 amide bonds. The summed E-state index contributed by atoms with van der Waals surface area (Å²) in [5.41, 5.74) is 1.71. The van der Waals surface area contributed by atoms with Crippen molar-refractivity contribution in [3.05, 3.63) is 72.6 Å². The van der Waals surface area contributed by atoms with Gasteiger partial charge in [-0.3, -0.25) is 0 Å². The van der Waals surface area contributed by atoms with Crippen molar-refractivity contribution in [1.82, 2.24) is 19.8 Å². The topological polar surface area (TPSA) is 52.3 Å². The lowest BCUT2D eigenvalue weighted by Gasteiger charge is -2.11. The maximum atomic E-state index is 13.0. The molecule has 0 saturated heterocycles. The van der Waals surface area contributed by atoms with E-state index in [1.807, 2.05) is 42.5 Å². The lowest BCUT2D eigenvalue weighted by molar-refractivity contribution is -0.146. The maximum Gasteiger partial charge on any atom is 0.453 e. The predicted octanol–water partition coefficient (Wildman–Crippen LogP) is 4.60. The third kappa shape index (κ3) is 2.97. The lowest BCUT2D eigenvalue weighted by atomic mass is 10.1. The van der Waals surface area contributed by atoms with Crippen molar-refractivity contribution in [2.45, 2.75) is 6.18 Å². The number of para-hydroxylation sites is 1. The summed E-state index contributed by atoms with van der Waals surface area (Å²) < 4.78 is 45.4. The van der Waals surface area contributed by atoms with E-state index < -0.39 is 12.0 Å². The first-order valence-corrected chi connectivity index (χ1v) is 7.64. The molecule has 0 N–H and O–H groups in total. The molecule has 2 heterocycles. The van der Waals surface area contributed by atoms with Crippen molar-refractivity contribution < 1.29 is 17.9 Å². The minimum absolute atomic E-state index is 0.00572. The summed E-state index contributed by atoms with van der Waals surface area (Å²) in [7, 11) is 0. The van der Waals surface area contributed by atoms with Gasteiger partial charge in [0.2, 0.25) is 5.88 Å². The number of benzene rings is 2. The Morgan fingerprint density at radius 2 is 1.54 bits per heavy atom. The quantitative estimate of drug-likeness (QED) is 0.538. The summed E-state index contributed by atoms with van der Waals surface area (Å²) in [6, 6.07) is 19.6. The van der Waals surface area contributed by atoms with Crippen LogP contribution in [0.1, 0.15) is 5.82 Å². The molecule has 4 rings (SSSR count). The van der Waals surface area contributed by atoms with Gasteiger partial charge in [0, 0.05) is 11.6 Å². The van der Waals surface area contributed by atoms with Crippen LogP contribution in [0.5, 0.6) is 11.6 Å². The Morgan fingerprint density at radius 3 is 2.31 bits per heavy atom. The molecule has 0 saturated carbocycles. The number of alkyl halides is 3. The molecule has 0 bridgehead atoms. The Bertz CT molecular complexity index is 1060. The number of hydrogen-bond acceptors (Lipinski definition) is 4. The van der Waals surface area contributed by atoms with Crippen molar-refractivity contribution in [2.75, 3.05) is 0 Å². The van der Waals surface area contributed by atoms with Gasteiger partial charge in [-0.25, -0.2) is 0 Å². The summed E-state index contributed by atoms with van der Waals surface area (Å²) in [4.78, 5) is 0. The first kappa shape index (κ1) is 16.1. The Kier molecular flexibility index (Phi) is 3.80. The van der Waals surface area contributed by atoms with Crippen LogP contribution < -0.4 is 4.74 Å². The van der Waals surface area contributed by atoms with Gasteiger partial charge in [-0.15, -0.1) is 15.3 Å². The fraction of sp³-hybridized carbons (Fsp3) is 0.0556. The van der Waals surface area contributed by atoms with E-state index in [0.29, 0.717) is 10.3 Å². The third-order valence-corrected chi connectivity index (χ3v) is 3.68. The van der Waals surface area contributed by atoms with E-state index >= 15 is 0 Å². The zero-order chi connectivity index (χ0) is 18.1. The molecule has 130 valence electrons. The molecule has 0 aliphatic heterocycles. The third-order valence-electron chi connectivity index (χ3n) is 3.68. The normalized spacial score (nSPS) is 11.7. The molecule has 8 heteroatoms. The van der Waals surface area contributed by atoms with Crippen molar-refractivity contribution in [3.63, 3.8) is 0 Å². The molecule has 5 nitrogen and oxygen atoms in total. The number of ether oxygens (including phenoxy) is 1. The van der Waals surface area contributed by atoms with Crippen LogP contribution in [0.2, 0.25) is 0 Å². The van der Waals surface area contributed by atoms with Crippen LogP contribution in [0, 0.1) is 0 Å². The molecule has 26 heavy (non-hydrogen) atoms. The Hall–Kier alpha value is -3.42. The second-order valence-electron chi connectivity index (χ2n) is 5.43. The fourth-order valence-electron chi connectivity index (χ4n) is 2.53. The SMILES string of the molecule is FC(F)(F)c1nnc2ccc(Oc3ccccc3-c3ccccc3)nn12. The van der Waals surface area contributed by atoms with Gasteiger partial charge in [-0.2, -0.15) is 17.7 Å². The zero-order valence-electron chi connectivity index (χ0n) is 13.2. The highest BCUT2D eigenvalue weighted by Gasteiger charge is 2.37. The standard InChI is InChI=1S/C18H11F3N4O/c19-18(20,21)17-23-22-15-10-11-16(24-25(15)17)26-14-9-5-4-8-13(14)12-6-2-1-3-7-12/h1-11H. The number of hydrogen-bond donors (Lipinski definition) is 0. The van der Waals surface area contributed by atoms with Gasteiger partial charge in [0.1, 0.15) is 5.75 Å². The monoisotopic (exact) mass is 356 g/mol. The highest BCUT2D eigenvalue weighted by molar-refractivity contribution is 5.70. The lowest BCUT2D eigenvalue weighted by Crippen LogP contribution is -2.12. The van der Waals surface area contributed by atoms with Gasteiger partial charge >= 0.3 is 6.18 Å². The second-order valence-corrected chi connectivity index (χ2v) is 5.43. The predicted molar refractivity (Wildman–Crippen MR) is 87.7 cm³/mol. The largest absolute Gasteiger partial charge is 0.453 e. The van der Waals surface area contributed by atoms with Gasteiger partial charge in [0.25, 0.3) is 5.82 Å². The molecule has 0 spiro atoms. The van der Waals surface area contributed by atoms with Crippen LogP contribution in [-0.4, -0.2) is 19.8 Å². The van der Waals surface area contributed by atoms with Gasteiger partial charge in [0.15, 0.2) is 5.65 Å².